The van der Waals surface area contributed by atoms with Crippen molar-refractivity contribution in [3.05, 3.63) is 108 Å². The summed E-state index contributed by atoms with van der Waals surface area (Å²) in [5, 5.41) is 11.9. The first kappa shape index (κ1) is 28.8. The molecule has 0 heterocycles. The van der Waals surface area contributed by atoms with Gasteiger partial charge in [0.2, 0.25) is 0 Å². The van der Waals surface area contributed by atoms with Crippen molar-refractivity contribution in [1.29, 1.82) is 5.41 Å². The number of halogens is 3. The second-order valence-corrected chi connectivity index (χ2v) is 9.12. The van der Waals surface area contributed by atoms with Crippen molar-refractivity contribution in [2.75, 3.05) is 5.32 Å². The first-order chi connectivity index (χ1) is 19.4. The number of esters is 2. The molecule has 0 aliphatic heterocycles. The Bertz CT molecular complexity index is 1620. The van der Waals surface area contributed by atoms with Crippen LogP contribution in [-0.2, 0) is 14.3 Å². The van der Waals surface area contributed by atoms with Crippen LogP contribution in [0.4, 0.5) is 18.9 Å². The Kier molecular flexibility index (Phi) is 8.37. The predicted molar refractivity (Wildman–Crippen MR) is 146 cm³/mol. The van der Waals surface area contributed by atoms with Gasteiger partial charge in [-0.15, -0.1) is 0 Å². The van der Waals surface area contributed by atoms with Crippen LogP contribution in [0.1, 0.15) is 34.3 Å². The highest BCUT2D eigenvalue weighted by Crippen LogP contribution is 2.28. The lowest BCUT2D eigenvalue weighted by Gasteiger charge is -2.25. The molecule has 0 spiro atoms. The number of carbonyl (C=O) groups is 3. The van der Waals surface area contributed by atoms with E-state index < -0.39 is 36.0 Å². The number of amidine groups is 1. The standard InChI is InChI=1S/C30H24F3N3O5/c1-17(18-6-3-2-4-7-18)25(40-24-13-12-19-14-21(26(34)35)11-10-20(19)16-24)27(37)36-23-9-5-8-22(15-23)28(38)41-29(39)30(31,32)33/h2-17,25H,1H3,(H3,34,35)(H,36,37). The van der Waals surface area contributed by atoms with Crippen molar-refractivity contribution in [3.8, 4) is 5.75 Å². The fourth-order valence-corrected chi connectivity index (χ4v) is 4.06. The number of fused-ring (bicyclic) bond motifs is 1. The van der Waals surface area contributed by atoms with Crippen LogP contribution in [0.25, 0.3) is 10.8 Å². The molecule has 0 aliphatic carbocycles. The monoisotopic (exact) mass is 563 g/mol. The molecule has 41 heavy (non-hydrogen) atoms. The fraction of sp³-hybridized carbons (Fsp3) is 0.133. The summed E-state index contributed by atoms with van der Waals surface area (Å²) >= 11 is 0. The highest BCUT2D eigenvalue weighted by molar-refractivity contribution is 6.01. The molecule has 8 nitrogen and oxygen atoms in total. The van der Waals surface area contributed by atoms with E-state index in [4.69, 9.17) is 15.9 Å². The van der Waals surface area contributed by atoms with Crippen molar-refractivity contribution in [2.24, 2.45) is 5.73 Å². The molecule has 4 aromatic carbocycles. The number of anilines is 1. The number of alkyl halides is 3. The fourth-order valence-electron chi connectivity index (χ4n) is 4.06. The number of benzene rings is 4. The van der Waals surface area contributed by atoms with Gasteiger partial charge < -0.3 is 20.5 Å². The Morgan fingerprint density at radius 1 is 0.854 bits per heavy atom. The maximum atomic E-state index is 13.5. The third-order valence-electron chi connectivity index (χ3n) is 6.21. The lowest BCUT2D eigenvalue weighted by Crippen LogP contribution is -2.37. The van der Waals surface area contributed by atoms with Crippen LogP contribution in [0.2, 0.25) is 0 Å². The Morgan fingerprint density at radius 3 is 2.22 bits per heavy atom. The maximum absolute atomic E-state index is 13.5. The molecule has 0 radical (unpaired) electrons. The summed E-state index contributed by atoms with van der Waals surface area (Å²) in [6, 6.07) is 24.6. The van der Waals surface area contributed by atoms with Gasteiger partial charge in [0.05, 0.1) is 5.56 Å². The summed E-state index contributed by atoms with van der Waals surface area (Å²) in [7, 11) is 0. The van der Waals surface area contributed by atoms with Gasteiger partial charge >= 0.3 is 18.1 Å². The van der Waals surface area contributed by atoms with E-state index in [2.05, 4.69) is 10.1 Å². The van der Waals surface area contributed by atoms with Crippen LogP contribution in [0.15, 0.2) is 91.0 Å². The molecule has 4 aromatic rings. The average molecular weight is 564 g/mol. The summed E-state index contributed by atoms with van der Waals surface area (Å²) in [4.78, 5) is 36.6. The quantitative estimate of drug-likeness (QED) is 0.111. The van der Waals surface area contributed by atoms with Crippen molar-refractivity contribution in [1.82, 2.24) is 0 Å². The minimum Gasteiger partial charge on any atom is -0.480 e. The molecule has 0 bridgehead atoms. The van der Waals surface area contributed by atoms with Gasteiger partial charge in [-0.2, -0.15) is 13.2 Å². The number of ether oxygens (including phenoxy) is 2. The molecule has 4 rings (SSSR count). The number of nitrogens with two attached hydrogens (primary N) is 1. The first-order valence-electron chi connectivity index (χ1n) is 12.3. The number of carbonyl (C=O) groups excluding carboxylic acids is 3. The number of rotatable bonds is 8. The van der Waals surface area contributed by atoms with Crippen LogP contribution in [0.5, 0.6) is 5.75 Å². The number of nitrogens with one attached hydrogen (secondary N) is 2. The zero-order valence-corrected chi connectivity index (χ0v) is 21.6. The molecular formula is C30H24F3N3O5. The van der Waals surface area contributed by atoms with Crippen LogP contribution in [0, 0.1) is 5.41 Å². The smallest absolute Gasteiger partial charge is 0.480 e. The van der Waals surface area contributed by atoms with E-state index in [0.717, 1.165) is 28.5 Å². The van der Waals surface area contributed by atoms with E-state index in [1.165, 1.54) is 12.1 Å². The third kappa shape index (κ3) is 7.07. The Balaban J connectivity index is 1.59. The van der Waals surface area contributed by atoms with Crippen molar-refractivity contribution < 1.29 is 37.0 Å². The van der Waals surface area contributed by atoms with Gasteiger partial charge in [-0.3, -0.25) is 10.2 Å². The summed E-state index contributed by atoms with van der Waals surface area (Å²) in [6.07, 6.45) is -6.41. The van der Waals surface area contributed by atoms with Gasteiger partial charge in [-0.1, -0.05) is 61.5 Å². The maximum Gasteiger partial charge on any atom is 0.491 e. The molecule has 2 atom stereocenters. The molecule has 2 unspecified atom stereocenters. The zero-order chi connectivity index (χ0) is 29.7. The lowest BCUT2D eigenvalue weighted by molar-refractivity contribution is -0.193. The van der Waals surface area contributed by atoms with Gasteiger partial charge in [0, 0.05) is 17.2 Å². The minimum absolute atomic E-state index is 0.0649. The van der Waals surface area contributed by atoms with Crippen molar-refractivity contribution >= 4 is 40.1 Å². The van der Waals surface area contributed by atoms with E-state index in [1.807, 2.05) is 30.3 Å². The van der Waals surface area contributed by atoms with Gasteiger partial charge in [-0.25, -0.2) is 9.59 Å². The second-order valence-electron chi connectivity index (χ2n) is 9.12. The molecule has 1 amide bonds. The largest absolute Gasteiger partial charge is 0.491 e. The summed E-state index contributed by atoms with van der Waals surface area (Å²) < 4.78 is 47.5. The van der Waals surface area contributed by atoms with Crippen LogP contribution < -0.4 is 15.8 Å². The number of amides is 1. The van der Waals surface area contributed by atoms with E-state index in [9.17, 15) is 27.6 Å². The molecule has 0 aliphatic rings. The van der Waals surface area contributed by atoms with Crippen LogP contribution in [-0.4, -0.2) is 36.0 Å². The highest BCUT2D eigenvalue weighted by Gasteiger charge is 2.42. The molecule has 4 N–H and O–H groups in total. The number of hydrogen-bond donors (Lipinski definition) is 3. The normalized spacial score (nSPS) is 12.7. The van der Waals surface area contributed by atoms with Gasteiger partial charge in [0.1, 0.15) is 11.6 Å². The Morgan fingerprint density at radius 2 is 1.54 bits per heavy atom. The molecule has 0 aromatic heterocycles. The van der Waals surface area contributed by atoms with E-state index in [-0.39, 0.29) is 17.1 Å². The Labute approximate surface area is 232 Å². The van der Waals surface area contributed by atoms with Gasteiger partial charge in [0.25, 0.3) is 5.91 Å². The van der Waals surface area contributed by atoms with E-state index >= 15 is 0 Å². The highest BCUT2D eigenvalue weighted by atomic mass is 19.4. The van der Waals surface area contributed by atoms with Crippen molar-refractivity contribution in [3.63, 3.8) is 0 Å². The molecule has 0 saturated heterocycles. The van der Waals surface area contributed by atoms with Crippen LogP contribution >= 0.6 is 0 Å². The van der Waals surface area contributed by atoms with Gasteiger partial charge in [-0.05, 0) is 52.7 Å². The summed E-state index contributed by atoms with van der Waals surface area (Å²) in [5.74, 6) is -4.88. The molecule has 0 fully saturated rings. The van der Waals surface area contributed by atoms with E-state index in [1.54, 1.807) is 43.3 Å². The second kappa shape index (κ2) is 11.9. The predicted octanol–water partition coefficient (Wildman–Crippen LogP) is 5.56. The average Bonchev–Trinajstić information content (AvgIpc) is 2.95. The molecule has 11 heteroatoms. The molecular weight excluding hydrogens is 539 g/mol. The minimum atomic E-state index is -5.34. The van der Waals surface area contributed by atoms with E-state index in [0.29, 0.717) is 11.3 Å². The lowest BCUT2D eigenvalue weighted by atomic mass is 9.94. The number of nitrogen functional groups attached to an aromatic ring is 1. The summed E-state index contributed by atoms with van der Waals surface area (Å²) in [6.45, 7) is 1.80. The molecule has 0 saturated carbocycles. The number of hydrogen-bond acceptors (Lipinski definition) is 6. The SMILES string of the molecule is CC(c1ccccc1)C(Oc1ccc2cc(C(=N)N)ccc2c1)C(=O)Nc1cccc(C(=O)OC(=O)C(F)(F)F)c1. The summed E-state index contributed by atoms with van der Waals surface area (Å²) in [5.41, 5.74) is 6.66. The first-order valence-corrected chi connectivity index (χ1v) is 12.3. The molecule has 210 valence electrons. The Hall–Kier alpha value is -5.19. The van der Waals surface area contributed by atoms with Crippen molar-refractivity contribution in [2.45, 2.75) is 25.1 Å². The third-order valence-corrected chi connectivity index (χ3v) is 6.21. The topological polar surface area (TPSA) is 132 Å². The van der Waals surface area contributed by atoms with Gasteiger partial charge in [0.15, 0.2) is 6.10 Å². The zero-order valence-electron chi connectivity index (χ0n) is 21.6. The van der Waals surface area contributed by atoms with Crippen LogP contribution in [0.3, 0.4) is 0 Å².